The van der Waals surface area contributed by atoms with Crippen LogP contribution in [-0.4, -0.2) is 12.5 Å². The number of nitrogens with two attached hydrogens (primary N) is 1. The molecule has 0 aliphatic rings. The minimum absolute atomic E-state index is 0.0104. The van der Waals surface area contributed by atoms with E-state index in [1.807, 2.05) is 39.0 Å². The zero-order valence-electron chi connectivity index (χ0n) is 11.2. The minimum atomic E-state index is -0.464. The number of carbonyl (C=O) groups is 1. The summed E-state index contributed by atoms with van der Waals surface area (Å²) in [5, 5.41) is 3.00. The van der Waals surface area contributed by atoms with E-state index in [1.54, 1.807) is 0 Å². The second kappa shape index (κ2) is 6.34. The lowest BCUT2D eigenvalue weighted by atomic mass is 9.81. The standard InChI is InChI=1S/C14H21BrN2O/c1-4-14(5-2,9-16)13(18)17-12-8-11(15)7-6-10(12)3/h6-8H,4-5,9,16H2,1-3H3,(H,17,18). The summed E-state index contributed by atoms with van der Waals surface area (Å²) in [5.41, 5.74) is 7.21. The van der Waals surface area contributed by atoms with Crippen LogP contribution in [0.15, 0.2) is 22.7 Å². The number of carbonyl (C=O) groups excluding carboxylic acids is 1. The van der Waals surface area contributed by atoms with Gasteiger partial charge >= 0.3 is 0 Å². The van der Waals surface area contributed by atoms with Crippen LogP contribution in [0.25, 0.3) is 0 Å². The number of rotatable bonds is 5. The van der Waals surface area contributed by atoms with E-state index < -0.39 is 5.41 Å². The van der Waals surface area contributed by atoms with E-state index in [4.69, 9.17) is 5.73 Å². The predicted molar refractivity (Wildman–Crippen MR) is 79.6 cm³/mol. The molecule has 3 nitrogen and oxygen atoms in total. The van der Waals surface area contributed by atoms with E-state index in [2.05, 4.69) is 21.2 Å². The molecule has 0 unspecified atom stereocenters. The van der Waals surface area contributed by atoms with Crippen LogP contribution in [0, 0.1) is 12.3 Å². The first-order valence-corrected chi connectivity index (χ1v) is 7.06. The van der Waals surface area contributed by atoms with Gasteiger partial charge in [-0.15, -0.1) is 0 Å². The maximum Gasteiger partial charge on any atom is 0.231 e. The summed E-state index contributed by atoms with van der Waals surface area (Å²) in [7, 11) is 0. The Labute approximate surface area is 117 Å². The molecule has 0 radical (unpaired) electrons. The monoisotopic (exact) mass is 312 g/mol. The van der Waals surface area contributed by atoms with Crippen LogP contribution in [0.1, 0.15) is 32.3 Å². The van der Waals surface area contributed by atoms with Gasteiger partial charge in [-0.3, -0.25) is 4.79 Å². The van der Waals surface area contributed by atoms with Gasteiger partial charge in [-0.1, -0.05) is 35.8 Å². The lowest BCUT2D eigenvalue weighted by Gasteiger charge is -2.28. The third-order valence-corrected chi connectivity index (χ3v) is 4.17. The number of hydrogen-bond acceptors (Lipinski definition) is 2. The maximum absolute atomic E-state index is 12.4. The summed E-state index contributed by atoms with van der Waals surface area (Å²) in [5.74, 6) is 0.0104. The van der Waals surface area contributed by atoms with Gasteiger partial charge in [0.25, 0.3) is 0 Å². The van der Waals surface area contributed by atoms with Gasteiger partial charge in [-0.2, -0.15) is 0 Å². The molecule has 0 saturated carbocycles. The van der Waals surface area contributed by atoms with Crippen molar-refractivity contribution in [3.05, 3.63) is 28.2 Å². The Kier molecular flexibility index (Phi) is 5.35. The Morgan fingerprint density at radius 3 is 2.50 bits per heavy atom. The lowest BCUT2D eigenvalue weighted by Crippen LogP contribution is -2.41. The van der Waals surface area contributed by atoms with Crippen molar-refractivity contribution in [2.24, 2.45) is 11.1 Å². The van der Waals surface area contributed by atoms with E-state index >= 15 is 0 Å². The molecule has 1 amide bonds. The highest BCUT2D eigenvalue weighted by molar-refractivity contribution is 9.10. The van der Waals surface area contributed by atoms with Crippen molar-refractivity contribution in [1.82, 2.24) is 0 Å². The maximum atomic E-state index is 12.4. The second-order valence-electron chi connectivity index (χ2n) is 4.60. The van der Waals surface area contributed by atoms with Crippen LogP contribution in [0.3, 0.4) is 0 Å². The molecule has 0 bridgehead atoms. The van der Waals surface area contributed by atoms with Crippen molar-refractivity contribution in [2.45, 2.75) is 33.6 Å². The van der Waals surface area contributed by atoms with Crippen molar-refractivity contribution in [2.75, 3.05) is 11.9 Å². The van der Waals surface area contributed by atoms with E-state index in [9.17, 15) is 4.79 Å². The van der Waals surface area contributed by atoms with Gasteiger partial charge in [0.1, 0.15) is 0 Å². The second-order valence-corrected chi connectivity index (χ2v) is 5.52. The third kappa shape index (κ3) is 3.12. The zero-order valence-corrected chi connectivity index (χ0v) is 12.8. The fraction of sp³-hybridized carbons (Fsp3) is 0.500. The Bertz CT molecular complexity index is 420. The van der Waals surface area contributed by atoms with Crippen LogP contribution < -0.4 is 11.1 Å². The Morgan fingerprint density at radius 1 is 1.39 bits per heavy atom. The molecule has 4 heteroatoms. The summed E-state index contributed by atoms with van der Waals surface area (Å²) >= 11 is 3.41. The first-order valence-electron chi connectivity index (χ1n) is 6.26. The molecule has 0 aliphatic carbocycles. The quantitative estimate of drug-likeness (QED) is 0.874. The number of nitrogens with one attached hydrogen (secondary N) is 1. The molecule has 0 saturated heterocycles. The Balaban J connectivity index is 2.96. The first-order chi connectivity index (χ1) is 8.49. The molecule has 0 aromatic heterocycles. The molecule has 1 aromatic rings. The van der Waals surface area contributed by atoms with Gasteiger partial charge in [0.15, 0.2) is 0 Å². The van der Waals surface area contributed by atoms with Gasteiger partial charge in [0.05, 0.1) is 5.41 Å². The molecular weight excluding hydrogens is 292 g/mol. The molecule has 0 spiro atoms. The minimum Gasteiger partial charge on any atom is -0.329 e. The number of benzene rings is 1. The first kappa shape index (κ1) is 15.2. The third-order valence-electron chi connectivity index (χ3n) is 3.67. The summed E-state index contributed by atoms with van der Waals surface area (Å²) in [6.07, 6.45) is 1.50. The van der Waals surface area contributed by atoms with Crippen LogP contribution >= 0.6 is 15.9 Å². The zero-order chi connectivity index (χ0) is 13.8. The molecule has 0 heterocycles. The molecule has 0 fully saturated rings. The van der Waals surface area contributed by atoms with Crippen molar-refractivity contribution >= 4 is 27.5 Å². The highest BCUT2D eigenvalue weighted by Crippen LogP contribution is 2.28. The SMILES string of the molecule is CCC(CC)(CN)C(=O)Nc1cc(Br)ccc1C. The van der Waals surface area contributed by atoms with Gasteiger partial charge < -0.3 is 11.1 Å². The molecule has 0 aliphatic heterocycles. The number of aryl methyl sites for hydroxylation is 1. The molecule has 0 atom stereocenters. The number of anilines is 1. The van der Waals surface area contributed by atoms with Crippen molar-refractivity contribution in [3.63, 3.8) is 0 Å². The van der Waals surface area contributed by atoms with E-state index in [0.717, 1.165) is 28.6 Å². The highest BCUT2D eigenvalue weighted by Gasteiger charge is 2.33. The fourth-order valence-electron chi connectivity index (χ4n) is 1.94. The van der Waals surface area contributed by atoms with Crippen molar-refractivity contribution in [1.29, 1.82) is 0 Å². The van der Waals surface area contributed by atoms with Crippen molar-refractivity contribution in [3.8, 4) is 0 Å². The molecular formula is C14H21BrN2O. The summed E-state index contributed by atoms with van der Waals surface area (Å²) in [4.78, 5) is 12.4. The molecule has 18 heavy (non-hydrogen) atoms. The lowest BCUT2D eigenvalue weighted by molar-refractivity contribution is -0.125. The number of hydrogen-bond donors (Lipinski definition) is 2. The molecule has 1 aromatic carbocycles. The van der Waals surface area contributed by atoms with Gasteiger partial charge in [-0.05, 0) is 37.5 Å². The number of halogens is 1. The predicted octanol–water partition coefficient (Wildman–Crippen LogP) is 3.46. The van der Waals surface area contributed by atoms with E-state index in [1.165, 1.54) is 0 Å². The van der Waals surface area contributed by atoms with E-state index in [0.29, 0.717) is 6.54 Å². The Morgan fingerprint density at radius 2 is 2.00 bits per heavy atom. The summed E-state index contributed by atoms with van der Waals surface area (Å²) < 4.78 is 0.953. The van der Waals surface area contributed by atoms with Crippen LogP contribution in [0.2, 0.25) is 0 Å². The van der Waals surface area contributed by atoms with Crippen LogP contribution in [-0.2, 0) is 4.79 Å². The van der Waals surface area contributed by atoms with Crippen LogP contribution in [0.4, 0.5) is 5.69 Å². The largest absolute Gasteiger partial charge is 0.329 e. The topological polar surface area (TPSA) is 55.1 Å². The number of amides is 1. The van der Waals surface area contributed by atoms with E-state index in [-0.39, 0.29) is 5.91 Å². The average Bonchev–Trinajstić information content (AvgIpc) is 2.37. The summed E-state index contributed by atoms with van der Waals surface area (Å²) in [6.45, 7) is 6.36. The summed E-state index contributed by atoms with van der Waals surface area (Å²) in [6, 6.07) is 5.85. The average molecular weight is 313 g/mol. The van der Waals surface area contributed by atoms with Crippen LogP contribution in [0.5, 0.6) is 0 Å². The molecule has 100 valence electrons. The van der Waals surface area contributed by atoms with Crippen molar-refractivity contribution < 1.29 is 4.79 Å². The fourth-order valence-corrected chi connectivity index (χ4v) is 2.30. The van der Waals surface area contributed by atoms with Gasteiger partial charge in [0.2, 0.25) is 5.91 Å². The van der Waals surface area contributed by atoms with Gasteiger partial charge in [-0.25, -0.2) is 0 Å². The highest BCUT2D eigenvalue weighted by atomic mass is 79.9. The smallest absolute Gasteiger partial charge is 0.231 e. The van der Waals surface area contributed by atoms with Gasteiger partial charge in [0, 0.05) is 16.7 Å². The molecule has 1 rings (SSSR count). The molecule has 3 N–H and O–H groups in total. The Hall–Kier alpha value is -0.870. The normalized spacial score (nSPS) is 11.4.